The number of aliphatic imine (C=N–C) groups is 1. The van der Waals surface area contributed by atoms with E-state index in [1.165, 1.54) is 12.8 Å². The van der Waals surface area contributed by atoms with Crippen molar-refractivity contribution in [3.05, 3.63) is 58.7 Å². The Labute approximate surface area is 179 Å². The lowest BCUT2D eigenvalue weighted by Crippen LogP contribution is -2.28. The topological polar surface area (TPSA) is 95.7 Å². The van der Waals surface area contributed by atoms with Crippen molar-refractivity contribution < 1.29 is 9.53 Å². The van der Waals surface area contributed by atoms with Gasteiger partial charge in [0.15, 0.2) is 5.96 Å². The monoisotopic (exact) mass is 425 g/mol. The van der Waals surface area contributed by atoms with Crippen molar-refractivity contribution in [2.75, 3.05) is 20.1 Å². The van der Waals surface area contributed by atoms with Gasteiger partial charge in [0.1, 0.15) is 17.2 Å². The Balaban J connectivity index is 1.60. The van der Waals surface area contributed by atoms with Gasteiger partial charge >= 0.3 is 0 Å². The van der Waals surface area contributed by atoms with Crippen LogP contribution in [0, 0.1) is 0 Å². The van der Waals surface area contributed by atoms with Crippen LogP contribution in [0.4, 0.5) is 0 Å². The number of likely N-dealkylation sites (tertiary alicyclic amines) is 1. The van der Waals surface area contributed by atoms with E-state index < -0.39 is 5.91 Å². The van der Waals surface area contributed by atoms with Gasteiger partial charge < -0.3 is 20.8 Å². The maximum absolute atomic E-state index is 12.3. The number of ether oxygens (including phenoxy) is 1. The van der Waals surface area contributed by atoms with Gasteiger partial charge in [-0.3, -0.25) is 9.69 Å². The molecule has 156 valence electrons. The molecule has 0 aliphatic carbocycles. The molecule has 4 rings (SSSR count). The van der Waals surface area contributed by atoms with Crippen LogP contribution < -0.4 is 15.8 Å². The van der Waals surface area contributed by atoms with Gasteiger partial charge in [0.2, 0.25) is 0 Å². The van der Waals surface area contributed by atoms with Gasteiger partial charge in [0.05, 0.1) is 10.5 Å². The summed E-state index contributed by atoms with van der Waals surface area (Å²) in [5.41, 5.74) is 7.70. The molecule has 1 aromatic heterocycles. The number of rotatable bonds is 5. The first-order chi connectivity index (χ1) is 14.5. The molecule has 1 saturated heterocycles. The minimum Gasteiger partial charge on any atom is -0.457 e. The molecule has 3 aromatic rings. The normalized spacial score (nSPS) is 14.9. The standard InChI is InChI=1S/C22H24ClN5O2/c1-25-22(24)27-21(29)19-12-16-17(23)10-15(11-18(16)26-19)30-20-7-3-2-6-14(20)13-28-8-4-5-9-28/h2-3,6-7,10-12,26H,4-5,8-9,13H2,1H3,(H3,24,25,27,29). The Morgan fingerprint density at radius 3 is 2.80 bits per heavy atom. The van der Waals surface area contributed by atoms with Crippen LogP contribution in [0.1, 0.15) is 28.9 Å². The largest absolute Gasteiger partial charge is 0.457 e. The van der Waals surface area contributed by atoms with Crippen LogP contribution >= 0.6 is 11.6 Å². The van der Waals surface area contributed by atoms with E-state index in [2.05, 4.69) is 26.3 Å². The number of carbonyl (C=O) groups excluding carboxylic acids is 1. The Hall–Kier alpha value is -3.03. The third-order valence-corrected chi connectivity index (χ3v) is 5.48. The number of para-hydroxylation sites is 1. The molecule has 0 saturated carbocycles. The summed E-state index contributed by atoms with van der Waals surface area (Å²) >= 11 is 6.46. The first kappa shape index (κ1) is 20.3. The van der Waals surface area contributed by atoms with E-state index in [4.69, 9.17) is 22.1 Å². The van der Waals surface area contributed by atoms with Gasteiger partial charge in [-0.05, 0) is 38.1 Å². The van der Waals surface area contributed by atoms with Crippen LogP contribution in [0.2, 0.25) is 5.02 Å². The number of aromatic nitrogens is 1. The fraction of sp³-hybridized carbons (Fsp3) is 0.273. The minimum absolute atomic E-state index is 0.0448. The van der Waals surface area contributed by atoms with Crippen LogP contribution in [0.5, 0.6) is 11.5 Å². The van der Waals surface area contributed by atoms with Gasteiger partial charge in [-0.2, -0.15) is 4.99 Å². The van der Waals surface area contributed by atoms with Crippen molar-refractivity contribution >= 4 is 34.4 Å². The molecule has 30 heavy (non-hydrogen) atoms. The number of benzene rings is 2. The molecule has 2 aromatic carbocycles. The Morgan fingerprint density at radius 2 is 2.03 bits per heavy atom. The SMILES string of the molecule is CNC(N)=NC(=O)c1cc2c(Cl)cc(Oc3ccccc3CN3CCCC3)cc2[nH]1. The molecule has 1 aliphatic rings. The number of H-pyrrole nitrogens is 1. The fourth-order valence-electron chi connectivity index (χ4n) is 3.61. The Bertz CT molecular complexity index is 1100. The molecule has 1 amide bonds. The highest BCUT2D eigenvalue weighted by molar-refractivity contribution is 6.35. The molecule has 7 nitrogen and oxygen atoms in total. The summed E-state index contributed by atoms with van der Waals surface area (Å²) in [7, 11) is 1.60. The molecular formula is C22H24ClN5O2. The highest BCUT2D eigenvalue weighted by Gasteiger charge is 2.16. The zero-order valence-electron chi connectivity index (χ0n) is 16.7. The third-order valence-electron chi connectivity index (χ3n) is 5.16. The summed E-state index contributed by atoms with van der Waals surface area (Å²) in [5, 5.41) is 3.83. The molecule has 0 spiro atoms. The van der Waals surface area contributed by atoms with Crippen LogP contribution in [0.25, 0.3) is 10.9 Å². The average Bonchev–Trinajstić information content (AvgIpc) is 3.39. The maximum atomic E-state index is 12.3. The Kier molecular flexibility index (Phi) is 5.92. The minimum atomic E-state index is -0.479. The molecule has 0 radical (unpaired) electrons. The number of nitrogens with two attached hydrogens (primary N) is 1. The number of fused-ring (bicyclic) bond motifs is 1. The van der Waals surface area contributed by atoms with E-state index in [1.54, 1.807) is 19.2 Å². The maximum Gasteiger partial charge on any atom is 0.296 e. The van der Waals surface area contributed by atoms with Gasteiger partial charge in [0, 0.05) is 36.7 Å². The highest BCUT2D eigenvalue weighted by Crippen LogP contribution is 2.34. The van der Waals surface area contributed by atoms with Gasteiger partial charge in [-0.15, -0.1) is 0 Å². The second kappa shape index (κ2) is 8.77. The molecular weight excluding hydrogens is 402 g/mol. The van der Waals surface area contributed by atoms with Crippen molar-refractivity contribution in [1.82, 2.24) is 15.2 Å². The second-order valence-electron chi connectivity index (χ2n) is 7.29. The predicted molar refractivity (Wildman–Crippen MR) is 119 cm³/mol. The van der Waals surface area contributed by atoms with Crippen molar-refractivity contribution in [1.29, 1.82) is 0 Å². The predicted octanol–water partition coefficient (Wildman–Crippen LogP) is 3.88. The quantitative estimate of drug-likeness (QED) is 0.426. The molecule has 4 N–H and O–H groups in total. The van der Waals surface area contributed by atoms with Gasteiger partial charge in [0.25, 0.3) is 5.91 Å². The number of hydrogen-bond donors (Lipinski definition) is 3. The summed E-state index contributed by atoms with van der Waals surface area (Å²) in [4.78, 5) is 21.5. The molecule has 2 heterocycles. The second-order valence-corrected chi connectivity index (χ2v) is 7.70. The first-order valence-electron chi connectivity index (χ1n) is 9.90. The number of carbonyl (C=O) groups is 1. The van der Waals surface area contributed by atoms with E-state index in [0.29, 0.717) is 22.0 Å². The summed E-state index contributed by atoms with van der Waals surface area (Å²) in [6.45, 7) is 3.09. The number of amides is 1. The van der Waals surface area contributed by atoms with E-state index >= 15 is 0 Å². The van der Waals surface area contributed by atoms with E-state index in [0.717, 1.165) is 36.3 Å². The lowest BCUT2D eigenvalue weighted by atomic mass is 10.2. The van der Waals surface area contributed by atoms with Crippen LogP contribution in [0.3, 0.4) is 0 Å². The Morgan fingerprint density at radius 1 is 1.27 bits per heavy atom. The van der Waals surface area contributed by atoms with Crippen LogP contribution in [-0.2, 0) is 6.54 Å². The van der Waals surface area contributed by atoms with Crippen molar-refractivity contribution in [3.63, 3.8) is 0 Å². The van der Waals surface area contributed by atoms with E-state index in [1.807, 2.05) is 24.3 Å². The summed E-state index contributed by atoms with van der Waals surface area (Å²) in [5.74, 6) is 0.963. The van der Waals surface area contributed by atoms with Crippen molar-refractivity contribution in [3.8, 4) is 11.5 Å². The van der Waals surface area contributed by atoms with Crippen LogP contribution in [-0.4, -0.2) is 41.9 Å². The summed E-state index contributed by atoms with van der Waals surface area (Å²) in [6, 6.07) is 13.3. The molecule has 8 heteroatoms. The zero-order chi connectivity index (χ0) is 21.1. The molecule has 1 aliphatic heterocycles. The number of aromatic amines is 1. The van der Waals surface area contributed by atoms with Gasteiger partial charge in [-0.25, -0.2) is 0 Å². The molecule has 0 unspecified atom stereocenters. The van der Waals surface area contributed by atoms with Crippen LogP contribution in [0.15, 0.2) is 47.5 Å². The van der Waals surface area contributed by atoms with E-state index in [9.17, 15) is 4.79 Å². The smallest absolute Gasteiger partial charge is 0.296 e. The van der Waals surface area contributed by atoms with Crippen molar-refractivity contribution in [2.45, 2.75) is 19.4 Å². The number of halogens is 1. The average molecular weight is 426 g/mol. The number of nitrogens with zero attached hydrogens (tertiary/aromatic N) is 2. The lowest BCUT2D eigenvalue weighted by Gasteiger charge is -2.17. The molecule has 0 atom stereocenters. The third kappa shape index (κ3) is 4.42. The first-order valence-corrected chi connectivity index (χ1v) is 10.3. The molecule has 1 fully saturated rings. The van der Waals surface area contributed by atoms with Crippen molar-refractivity contribution in [2.24, 2.45) is 10.7 Å². The number of guanidine groups is 1. The molecule has 0 bridgehead atoms. The zero-order valence-corrected chi connectivity index (χ0v) is 17.5. The van der Waals surface area contributed by atoms with E-state index in [-0.39, 0.29) is 5.96 Å². The fourth-order valence-corrected chi connectivity index (χ4v) is 3.87. The lowest BCUT2D eigenvalue weighted by molar-refractivity contribution is 0.0998. The summed E-state index contributed by atoms with van der Waals surface area (Å²) in [6.07, 6.45) is 2.49. The highest BCUT2D eigenvalue weighted by atomic mass is 35.5. The summed E-state index contributed by atoms with van der Waals surface area (Å²) < 4.78 is 6.19. The van der Waals surface area contributed by atoms with Gasteiger partial charge in [-0.1, -0.05) is 29.8 Å². The number of hydrogen-bond acceptors (Lipinski definition) is 3. The number of nitrogens with one attached hydrogen (secondary N) is 2.